The van der Waals surface area contributed by atoms with Gasteiger partial charge in [-0.25, -0.2) is 0 Å². The van der Waals surface area contributed by atoms with Crippen molar-refractivity contribution in [1.29, 1.82) is 5.41 Å². The smallest absolute Gasteiger partial charge is 0.0960 e. The zero-order valence-corrected chi connectivity index (χ0v) is 8.44. The fourth-order valence-corrected chi connectivity index (χ4v) is 2.33. The van der Waals surface area contributed by atoms with Gasteiger partial charge in [0.1, 0.15) is 0 Å². The number of piperidine rings is 1. The topological polar surface area (TPSA) is 27.1 Å². The van der Waals surface area contributed by atoms with Crippen LogP contribution in [0.15, 0.2) is 16.8 Å². The maximum absolute atomic E-state index is 7.78. The first-order chi connectivity index (χ1) is 6.36. The van der Waals surface area contributed by atoms with Crippen molar-refractivity contribution >= 4 is 17.2 Å². The normalized spacial score (nSPS) is 17.8. The van der Waals surface area contributed by atoms with Crippen LogP contribution in [-0.4, -0.2) is 17.3 Å². The molecule has 13 heavy (non-hydrogen) atoms. The average Bonchev–Trinajstić information content (AvgIpc) is 2.61. The number of rotatable bonds is 2. The van der Waals surface area contributed by atoms with Gasteiger partial charge >= 0.3 is 0 Å². The highest BCUT2D eigenvalue weighted by atomic mass is 32.1. The van der Waals surface area contributed by atoms with E-state index in [0.29, 0.717) is 0 Å². The fraction of sp³-hybridized carbons (Fsp3) is 0.500. The van der Waals surface area contributed by atoms with E-state index in [4.69, 9.17) is 5.41 Å². The number of thiophene rings is 1. The molecule has 3 heteroatoms. The van der Waals surface area contributed by atoms with Gasteiger partial charge in [-0.1, -0.05) is 0 Å². The predicted octanol–water partition coefficient (Wildman–Crippen LogP) is 2.71. The van der Waals surface area contributed by atoms with Crippen LogP contribution in [0, 0.1) is 5.41 Å². The van der Waals surface area contributed by atoms with E-state index >= 15 is 0 Å². The van der Waals surface area contributed by atoms with Gasteiger partial charge in [-0.05, 0) is 35.2 Å². The van der Waals surface area contributed by atoms with Crippen molar-refractivity contribution in [2.75, 3.05) is 6.54 Å². The molecule has 0 radical (unpaired) electrons. The van der Waals surface area contributed by atoms with Gasteiger partial charge in [0.25, 0.3) is 0 Å². The van der Waals surface area contributed by atoms with Crippen LogP contribution in [-0.2, 0) is 6.54 Å². The van der Waals surface area contributed by atoms with Crippen molar-refractivity contribution in [2.24, 2.45) is 0 Å². The Morgan fingerprint density at radius 2 is 2.38 bits per heavy atom. The molecule has 0 aliphatic carbocycles. The number of hydrogen-bond donors (Lipinski definition) is 1. The van der Waals surface area contributed by atoms with E-state index in [1.807, 2.05) is 0 Å². The molecule has 0 unspecified atom stereocenters. The van der Waals surface area contributed by atoms with E-state index < -0.39 is 0 Å². The van der Waals surface area contributed by atoms with Crippen molar-refractivity contribution < 1.29 is 0 Å². The number of hydrogen-bond acceptors (Lipinski definition) is 2. The zero-order chi connectivity index (χ0) is 9.10. The second-order valence-corrected chi connectivity index (χ2v) is 4.24. The molecular formula is C10H14N2S. The Balaban J connectivity index is 1.97. The number of nitrogens with zero attached hydrogens (tertiary/aromatic N) is 1. The van der Waals surface area contributed by atoms with Crippen LogP contribution in [0.2, 0.25) is 0 Å². The van der Waals surface area contributed by atoms with Crippen molar-refractivity contribution in [3.8, 4) is 0 Å². The number of likely N-dealkylation sites (tertiary alicyclic amines) is 1. The molecule has 1 fully saturated rings. The minimum absolute atomic E-state index is 0.817. The van der Waals surface area contributed by atoms with Crippen molar-refractivity contribution in [3.63, 3.8) is 0 Å². The maximum Gasteiger partial charge on any atom is 0.0960 e. The van der Waals surface area contributed by atoms with Crippen LogP contribution >= 0.6 is 11.3 Å². The summed E-state index contributed by atoms with van der Waals surface area (Å²) in [4.78, 5) is 2.19. The Hall–Kier alpha value is -0.830. The molecule has 0 amide bonds. The third kappa shape index (κ3) is 2.10. The second kappa shape index (κ2) is 3.92. The maximum atomic E-state index is 7.78. The molecule has 70 valence electrons. The van der Waals surface area contributed by atoms with Crippen molar-refractivity contribution in [3.05, 3.63) is 22.4 Å². The lowest BCUT2D eigenvalue weighted by atomic mass is 10.1. The lowest BCUT2D eigenvalue weighted by Crippen LogP contribution is -2.33. The summed E-state index contributed by atoms with van der Waals surface area (Å²) in [5.74, 6) is 0.817. The molecule has 0 atom stereocenters. The molecular weight excluding hydrogens is 180 g/mol. The van der Waals surface area contributed by atoms with E-state index in [9.17, 15) is 0 Å². The van der Waals surface area contributed by atoms with Crippen molar-refractivity contribution in [2.45, 2.75) is 25.8 Å². The van der Waals surface area contributed by atoms with Gasteiger partial charge in [-0.15, -0.1) is 0 Å². The SMILES string of the molecule is N=C1CCCCN1Cc1ccsc1. The first kappa shape index (κ1) is 8.75. The zero-order valence-electron chi connectivity index (χ0n) is 7.62. The molecule has 0 bridgehead atoms. The van der Waals surface area contributed by atoms with E-state index in [2.05, 4.69) is 21.7 Å². The molecule has 1 aromatic rings. The van der Waals surface area contributed by atoms with Crippen molar-refractivity contribution in [1.82, 2.24) is 4.90 Å². The quantitative estimate of drug-likeness (QED) is 0.770. The summed E-state index contributed by atoms with van der Waals surface area (Å²) in [6, 6.07) is 2.15. The molecule has 2 nitrogen and oxygen atoms in total. The van der Waals surface area contributed by atoms with Gasteiger partial charge in [0.05, 0.1) is 5.84 Å². The highest BCUT2D eigenvalue weighted by molar-refractivity contribution is 7.07. The summed E-state index contributed by atoms with van der Waals surface area (Å²) >= 11 is 1.73. The molecule has 1 aliphatic heterocycles. The van der Waals surface area contributed by atoms with E-state index in [1.54, 1.807) is 11.3 Å². The molecule has 1 N–H and O–H groups in total. The third-order valence-corrected chi connectivity index (χ3v) is 3.16. The monoisotopic (exact) mass is 194 g/mol. The number of amidine groups is 1. The minimum Gasteiger partial charge on any atom is -0.356 e. The molecule has 0 spiro atoms. The van der Waals surface area contributed by atoms with E-state index in [-0.39, 0.29) is 0 Å². The van der Waals surface area contributed by atoms with E-state index in [0.717, 1.165) is 25.3 Å². The van der Waals surface area contributed by atoms with Gasteiger partial charge < -0.3 is 4.90 Å². The van der Waals surface area contributed by atoms with Gasteiger partial charge in [-0.2, -0.15) is 11.3 Å². The lowest BCUT2D eigenvalue weighted by molar-refractivity contribution is 0.361. The summed E-state index contributed by atoms with van der Waals surface area (Å²) in [7, 11) is 0. The van der Waals surface area contributed by atoms with E-state index in [1.165, 1.54) is 18.4 Å². The first-order valence-electron chi connectivity index (χ1n) is 4.70. The molecule has 1 aliphatic rings. The fourth-order valence-electron chi connectivity index (χ4n) is 1.67. The van der Waals surface area contributed by atoms with Crippen LogP contribution < -0.4 is 0 Å². The summed E-state index contributed by atoms with van der Waals surface area (Å²) in [6.45, 7) is 2.00. The van der Waals surface area contributed by atoms with Crippen LogP contribution in [0.1, 0.15) is 24.8 Å². The lowest BCUT2D eigenvalue weighted by Gasteiger charge is -2.28. The molecule has 0 aromatic carbocycles. The highest BCUT2D eigenvalue weighted by Crippen LogP contribution is 2.15. The van der Waals surface area contributed by atoms with Crippen LogP contribution in [0.3, 0.4) is 0 Å². The summed E-state index contributed by atoms with van der Waals surface area (Å²) in [6.07, 6.45) is 3.40. The highest BCUT2D eigenvalue weighted by Gasteiger charge is 2.14. The first-order valence-corrected chi connectivity index (χ1v) is 5.64. The summed E-state index contributed by atoms with van der Waals surface area (Å²) in [5.41, 5.74) is 1.34. The van der Waals surface area contributed by atoms with Crippen LogP contribution in [0.5, 0.6) is 0 Å². The Labute approximate surface area is 82.7 Å². The van der Waals surface area contributed by atoms with Gasteiger partial charge in [0.15, 0.2) is 0 Å². The predicted molar refractivity (Wildman–Crippen MR) is 56.3 cm³/mol. The van der Waals surface area contributed by atoms with Gasteiger partial charge in [-0.3, -0.25) is 5.41 Å². The Morgan fingerprint density at radius 1 is 1.46 bits per heavy atom. The van der Waals surface area contributed by atoms with Crippen LogP contribution in [0.25, 0.3) is 0 Å². The Kier molecular flexibility index (Phi) is 2.64. The summed E-state index contributed by atoms with van der Waals surface area (Å²) < 4.78 is 0. The summed E-state index contributed by atoms with van der Waals surface area (Å²) in [5, 5.41) is 12.0. The Morgan fingerprint density at radius 3 is 3.08 bits per heavy atom. The molecule has 2 rings (SSSR count). The standard InChI is InChI=1S/C10H14N2S/c11-10-3-1-2-5-12(10)7-9-4-6-13-8-9/h4,6,8,11H,1-3,5,7H2. The van der Waals surface area contributed by atoms with Crippen LogP contribution in [0.4, 0.5) is 0 Å². The minimum atomic E-state index is 0.817. The second-order valence-electron chi connectivity index (χ2n) is 3.46. The number of nitrogens with one attached hydrogen (secondary N) is 1. The molecule has 2 heterocycles. The molecule has 0 saturated carbocycles. The average molecular weight is 194 g/mol. The third-order valence-electron chi connectivity index (χ3n) is 2.43. The molecule has 1 aromatic heterocycles. The van der Waals surface area contributed by atoms with Gasteiger partial charge in [0.2, 0.25) is 0 Å². The largest absolute Gasteiger partial charge is 0.356 e. The van der Waals surface area contributed by atoms with Gasteiger partial charge in [0, 0.05) is 19.5 Å². The molecule has 1 saturated heterocycles. The Bertz CT molecular complexity index is 279.